The largest absolute Gasteiger partial charge is 0.361 e. The number of aryl methyl sites for hydroxylation is 3. The second-order valence-electron chi connectivity index (χ2n) is 4.59. The number of para-hydroxylation sites is 1. The van der Waals surface area contributed by atoms with E-state index in [-0.39, 0.29) is 5.91 Å². The Labute approximate surface area is 119 Å². The number of fused-ring (bicyclic) bond motifs is 1. The van der Waals surface area contributed by atoms with Crippen molar-refractivity contribution in [3.8, 4) is 0 Å². The van der Waals surface area contributed by atoms with Crippen molar-refractivity contribution in [2.24, 2.45) is 0 Å². The fourth-order valence-corrected chi connectivity index (χ4v) is 3.05. The highest BCUT2D eigenvalue weighted by molar-refractivity contribution is 7.22. The Kier molecular flexibility index (Phi) is 3.02. The molecule has 3 aromatic rings. The molecule has 0 radical (unpaired) electrons. The van der Waals surface area contributed by atoms with E-state index in [9.17, 15) is 4.79 Å². The Morgan fingerprint density at radius 1 is 1.30 bits per heavy atom. The molecule has 0 aliphatic carbocycles. The SMILES string of the molecule is Cc1noc(C)c1C(=O)Nc1nc2c(C)cccc2s1. The minimum atomic E-state index is -0.238. The molecule has 102 valence electrons. The number of hydrogen-bond donors (Lipinski definition) is 1. The highest BCUT2D eigenvalue weighted by Crippen LogP contribution is 2.28. The minimum absolute atomic E-state index is 0.238. The van der Waals surface area contributed by atoms with Crippen LogP contribution >= 0.6 is 11.3 Å². The number of hydrogen-bond acceptors (Lipinski definition) is 5. The lowest BCUT2D eigenvalue weighted by Gasteiger charge is -1.99. The van der Waals surface area contributed by atoms with Crippen LogP contribution in [0.5, 0.6) is 0 Å². The molecule has 0 saturated heterocycles. The number of nitrogens with zero attached hydrogens (tertiary/aromatic N) is 2. The Morgan fingerprint density at radius 2 is 2.10 bits per heavy atom. The van der Waals surface area contributed by atoms with E-state index in [4.69, 9.17) is 4.52 Å². The maximum Gasteiger partial charge on any atom is 0.262 e. The molecular weight excluding hydrogens is 274 g/mol. The van der Waals surface area contributed by atoms with Crippen LogP contribution in [-0.2, 0) is 0 Å². The fraction of sp³-hybridized carbons (Fsp3) is 0.214. The Bertz CT molecular complexity index is 784. The predicted molar refractivity (Wildman–Crippen MR) is 78.3 cm³/mol. The van der Waals surface area contributed by atoms with Gasteiger partial charge in [-0.05, 0) is 32.4 Å². The predicted octanol–water partition coefficient (Wildman–Crippen LogP) is 3.46. The van der Waals surface area contributed by atoms with Crippen LogP contribution in [0.3, 0.4) is 0 Å². The van der Waals surface area contributed by atoms with E-state index in [1.165, 1.54) is 11.3 Å². The quantitative estimate of drug-likeness (QED) is 0.783. The summed E-state index contributed by atoms with van der Waals surface area (Å²) >= 11 is 1.45. The standard InChI is InChI=1S/C14H13N3O2S/c1-7-5-4-6-10-12(7)15-14(20-10)16-13(18)11-8(2)17-19-9(11)3/h4-6H,1-3H3,(H,15,16,18). The first kappa shape index (κ1) is 12.8. The maximum absolute atomic E-state index is 12.2. The Balaban J connectivity index is 1.94. The first-order chi connectivity index (χ1) is 9.56. The molecule has 0 aliphatic rings. The normalized spacial score (nSPS) is 10.9. The van der Waals surface area contributed by atoms with Gasteiger partial charge in [-0.1, -0.05) is 28.6 Å². The van der Waals surface area contributed by atoms with Gasteiger partial charge in [-0.15, -0.1) is 0 Å². The molecule has 1 aromatic carbocycles. The summed E-state index contributed by atoms with van der Waals surface area (Å²) in [6.45, 7) is 5.47. The Hall–Kier alpha value is -2.21. The van der Waals surface area contributed by atoms with E-state index in [1.54, 1.807) is 13.8 Å². The molecule has 0 saturated carbocycles. The van der Waals surface area contributed by atoms with Gasteiger partial charge in [0, 0.05) is 0 Å². The summed E-state index contributed by atoms with van der Waals surface area (Å²) in [4.78, 5) is 16.7. The third kappa shape index (κ3) is 2.08. The first-order valence-electron chi connectivity index (χ1n) is 6.16. The van der Waals surface area contributed by atoms with Crippen molar-refractivity contribution in [2.45, 2.75) is 20.8 Å². The van der Waals surface area contributed by atoms with E-state index in [0.29, 0.717) is 22.1 Å². The van der Waals surface area contributed by atoms with Crippen LogP contribution in [0, 0.1) is 20.8 Å². The molecule has 2 heterocycles. The number of carbonyl (C=O) groups excluding carboxylic acids is 1. The number of benzene rings is 1. The molecule has 1 N–H and O–H groups in total. The molecule has 0 aliphatic heterocycles. The summed E-state index contributed by atoms with van der Waals surface area (Å²) in [6, 6.07) is 5.98. The van der Waals surface area contributed by atoms with E-state index in [0.717, 1.165) is 15.8 Å². The number of amides is 1. The number of rotatable bonds is 2. The topological polar surface area (TPSA) is 68.0 Å². The summed E-state index contributed by atoms with van der Waals surface area (Å²) < 4.78 is 6.06. The minimum Gasteiger partial charge on any atom is -0.361 e. The molecule has 6 heteroatoms. The molecule has 0 unspecified atom stereocenters. The van der Waals surface area contributed by atoms with Gasteiger partial charge in [-0.3, -0.25) is 10.1 Å². The molecule has 5 nitrogen and oxygen atoms in total. The van der Waals surface area contributed by atoms with Crippen molar-refractivity contribution in [3.05, 3.63) is 40.8 Å². The van der Waals surface area contributed by atoms with Crippen molar-refractivity contribution < 1.29 is 9.32 Å². The van der Waals surface area contributed by atoms with Gasteiger partial charge in [0.2, 0.25) is 0 Å². The van der Waals surface area contributed by atoms with E-state index < -0.39 is 0 Å². The van der Waals surface area contributed by atoms with Crippen LogP contribution in [0.2, 0.25) is 0 Å². The van der Waals surface area contributed by atoms with Gasteiger partial charge in [0.15, 0.2) is 5.13 Å². The summed E-state index contributed by atoms with van der Waals surface area (Å²) in [5, 5.41) is 7.18. The zero-order valence-corrected chi connectivity index (χ0v) is 12.2. The van der Waals surface area contributed by atoms with Crippen LogP contribution in [0.1, 0.15) is 27.4 Å². The average molecular weight is 287 g/mol. The van der Waals surface area contributed by atoms with Gasteiger partial charge >= 0.3 is 0 Å². The monoisotopic (exact) mass is 287 g/mol. The molecule has 3 rings (SSSR count). The van der Waals surface area contributed by atoms with Gasteiger partial charge in [0.25, 0.3) is 5.91 Å². The summed E-state index contributed by atoms with van der Waals surface area (Å²) in [6.07, 6.45) is 0. The third-order valence-electron chi connectivity index (χ3n) is 3.10. The van der Waals surface area contributed by atoms with Gasteiger partial charge in [-0.25, -0.2) is 4.98 Å². The molecule has 1 amide bonds. The molecular formula is C14H13N3O2S. The van der Waals surface area contributed by atoms with Crippen LogP contribution in [0.25, 0.3) is 10.2 Å². The number of carbonyl (C=O) groups is 1. The smallest absolute Gasteiger partial charge is 0.262 e. The molecule has 0 fully saturated rings. The highest BCUT2D eigenvalue weighted by atomic mass is 32.1. The van der Waals surface area contributed by atoms with Gasteiger partial charge in [0.1, 0.15) is 11.3 Å². The number of nitrogens with one attached hydrogen (secondary N) is 1. The second-order valence-corrected chi connectivity index (χ2v) is 5.62. The third-order valence-corrected chi connectivity index (χ3v) is 4.04. The van der Waals surface area contributed by atoms with E-state index in [1.807, 2.05) is 25.1 Å². The van der Waals surface area contributed by atoms with Crippen molar-refractivity contribution in [1.82, 2.24) is 10.1 Å². The van der Waals surface area contributed by atoms with Crippen molar-refractivity contribution in [3.63, 3.8) is 0 Å². The Morgan fingerprint density at radius 3 is 2.75 bits per heavy atom. The average Bonchev–Trinajstić information content (AvgIpc) is 2.94. The second kappa shape index (κ2) is 4.72. The lowest BCUT2D eigenvalue weighted by molar-refractivity contribution is 0.102. The van der Waals surface area contributed by atoms with Gasteiger partial charge in [0.05, 0.1) is 15.9 Å². The van der Waals surface area contributed by atoms with Crippen LogP contribution in [0.15, 0.2) is 22.7 Å². The number of thiazole rings is 1. The van der Waals surface area contributed by atoms with Crippen molar-refractivity contribution in [2.75, 3.05) is 5.32 Å². The summed E-state index contributed by atoms with van der Waals surface area (Å²) in [5.41, 5.74) is 3.07. The summed E-state index contributed by atoms with van der Waals surface area (Å²) in [7, 11) is 0. The molecule has 0 bridgehead atoms. The zero-order valence-electron chi connectivity index (χ0n) is 11.4. The van der Waals surface area contributed by atoms with Crippen molar-refractivity contribution >= 4 is 32.6 Å². The van der Waals surface area contributed by atoms with E-state index in [2.05, 4.69) is 15.5 Å². The van der Waals surface area contributed by atoms with Crippen molar-refractivity contribution in [1.29, 1.82) is 0 Å². The molecule has 0 spiro atoms. The molecule has 20 heavy (non-hydrogen) atoms. The summed E-state index contributed by atoms with van der Waals surface area (Å²) in [5.74, 6) is 0.273. The van der Waals surface area contributed by atoms with E-state index >= 15 is 0 Å². The lowest BCUT2D eigenvalue weighted by atomic mass is 10.2. The lowest BCUT2D eigenvalue weighted by Crippen LogP contribution is -2.13. The highest BCUT2D eigenvalue weighted by Gasteiger charge is 2.18. The van der Waals surface area contributed by atoms with Crippen LogP contribution in [0.4, 0.5) is 5.13 Å². The zero-order chi connectivity index (χ0) is 14.3. The van der Waals surface area contributed by atoms with Gasteiger partial charge in [-0.2, -0.15) is 0 Å². The molecule has 2 aromatic heterocycles. The number of anilines is 1. The molecule has 0 atom stereocenters. The maximum atomic E-state index is 12.2. The van der Waals surface area contributed by atoms with Crippen LogP contribution < -0.4 is 5.32 Å². The fourth-order valence-electron chi connectivity index (χ4n) is 2.11. The van der Waals surface area contributed by atoms with Gasteiger partial charge < -0.3 is 4.52 Å². The van der Waals surface area contributed by atoms with Crippen LogP contribution in [-0.4, -0.2) is 16.0 Å². The first-order valence-corrected chi connectivity index (χ1v) is 6.98. The number of aromatic nitrogens is 2.